The minimum atomic E-state index is -0.000394. The van der Waals surface area contributed by atoms with Crippen molar-refractivity contribution in [2.75, 3.05) is 20.1 Å². The summed E-state index contributed by atoms with van der Waals surface area (Å²) in [4.78, 5) is 5.00. The van der Waals surface area contributed by atoms with Crippen molar-refractivity contribution < 1.29 is 0 Å². The Labute approximate surface area is 124 Å². The van der Waals surface area contributed by atoms with Crippen LogP contribution < -0.4 is 0 Å². The second-order valence-electron chi connectivity index (χ2n) is 7.03. The lowest BCUT2D eigenvalue weighted by molar-refractivity contribution is 0.0709. The molecule has 0 saturated carbocycles. The molecule has 0 amide bonds. The minimum Gasteiger partial charge on any atom is -0.368 e. The first kappa shape index (κ1) is 15.4. The zero-order valence-electron chi connectivity index (χ0n) is 14.2. The summed E-state index contributed by atoms with van der Waals surface area (Å²) in [5, 5.41) is 0. The Morgan fingerprint density at radius 1 is 1.25 bits per heavy atom. The number of allylic oxidation sites excluding steroid dienone is 2. The van der Waals surface area contributed by atoms with E-state index in [-0.39, 0.29) is 11.0 Å². The van der Waals surface area contributed by atoms with Crippen LogP contribution in [-0.2, 0) is 0 Å². The number of hydrogen-bond donors (Lipinski definition) is 0. The Balaban J connectivity index is 2.63. The van der Waals surface area contributed by atoms with Gasteiger partial charge in [-0.25, -0.2) is 0 Å². The molecule has 0 aromatic carbocycles. The highest BCUT2D eigenvalue weighted by atomic mass is 15.2. The molecule has 0 aromatic heterocycles. The molecule has 2 nitrogen and oxygen atoms in total. The van der Waals surface area contributed by atoms with Gasteiger partial charge in [-0.05, 0) is 37.1 Å². The van der Waals surface area contributed by atoms with Crippen LogP contribution in [0.5, 0.6) is 0 Å². The first-order valence-corrected chi connectivity index (χ1v) is 7.89. The van der Waals surface area contributed by atoms with E-state index in [0.717, 1.165) is 13.1 Å². The number of likely N-dealkylation sites (N-methyl/N-ethyl adjacent to an activating group) is 2. The summed E-state index contributed by atoms with van der Waals surface area (Å²) in [6, 6.07) is 0.480. The number of nitrogens with zero attached hydrogens (tertiary/aromatic N) is 2. The maximum Gasteiger partial charge on any atom is 0.0715 e. The van der Waals surface area contributed by atoms with E-state index in [1.165, 1.54) is 11.3 Å². The van der Waals surface area contributed by atoms with Gasteiger partial charge in [0.15, 0.2) is 0 Å². The van der Waals surface area contributed by atoms with E-state index in [4.69, 9.17) is 0 Å². The normalized spacial score (nSPS) is 29.6. The SMILES string of the molecule is CCN(CC)C1(C(C)(C)C)C=CC=C2C1=CC(C)N2C. The van der Waals surface area contributed by atoms with Crippen LogP contribution in [0.2, 0.25) is 0 Å². The Hall–Kier alpha value is -1.02. The number of fused-ring (bicyclic) bond motifs is 1. The van der Waals surface area contributed by atoms with Crippen LogP contribution in [0.15, 0.2) is 35.6 Å². The Morgan fingerprint density at radius 3 is 2.35 bits per heavy atom. The van der Waals surface area contributed by atoms with E-state index in [9.17, 15) is 0 Å². The van der Waals surface area contributed by atoms with Gasteiger partial charge in [-0.1, -0.05) is 52.8 Å². The van der Waals surface area contributed by atoms with Crippen LogP contribution in [0.1, 0.15) is 41.5 Å². The van der Waals surface area contributed by atoms with Gasteiger partial charge in [0.2, 0.25) is 0 Å². The lowest BCUT2D eigenvalue weighted by Gasteiger charge is -2.52. The lowest BCUT2D eigenvalue weighted by Crippen LogP contribution is -2.58. The average molecular weight is 274 g/mol. The standard InChI is InChI=1S/C18H30N2/c1-8-20(9-2)18(17(4,5)6)12-10-11-16-15(18)13-14(3)19(16)7/h10-14H,8-9H2,1-7H3. The molecule has 0 N–H and O–H groups in total. The fraction of sp³-hybridized carbons (Fsp3) is 0.667. The van der Waals surface area contributed by atoms with Gasteiger partial charge in [0.1, 0.15) is 0 Å². The Morgan fingerprint density at radius 2 is 1.85 bits per heavy atom. The van der Waals surface area contributed by atoms with Crippen LogP contribution >= 0.6 is 0 Å². The van der Waals surface area contributed by atoms with Crippen molar-refractivity contribution in [2.24, 2.45) is 5.41 Å². The second-order valence-corrected chi connectivity index (χ2v) is 7.03. The van der Waals surface area contributed by atoms with E-state index < -0.39 is 0 Å². The molecule has 1 heterocycles. The third kappa shape index (κ3) is 1.96. The van der Waals surface area contributed by atoms with E-state index in [1.54, 1.807) is 0 Å². The van der Waals surface area contributed by atoms with Gasteiger partial charge < -0.3 is 4.90 Å². The second kappa shape index (κ2) is 5.07. The topological polar surface area (TPSA) is 6.48 Å². The molecular formula is C18H30N2. The van der Waals surface area contributed by atoms with Crippen molar-refractivity contribution in [1.82, 2.24) is 9.80 Å². The zero-order valence-corrected chi connectivity index (χ0v) is 14.2. The minimum absolute atomic E-state index is 0.000394. The molecule has 2 atom stereocenters. The third-order valence-electron chi connectivity index (χ3n) is 5.08. The maximum atomic E-state index is 2.61. The quantitative estimate of drug-likeness (QED) is 0.772. The summed E-state index contributed by atoms with van der Waals surface area (Å²) in [5.74, 6) is 0. The van der Waals surface area contributed by atoms with Crippen molar-refractivity contribution in [3.8, 4) is 0 Å². The molecule has 2 rings (SSSR count). The van der Waals surface area contributed by atoms with Crippen molar-refractivity contribution in [1.29, 1.82) is 0 Å². The van der Waals surface area contributed by atoms with Gasteiger partial charge in [-0.2, -0.15) is 0 Å². The third-order valence-corrected chi connectivity index (χ3v) is 5.08. The van der Waals surface area contributed by atoms with Gasteiger partial charge in [0, 0.05) is 18.8 Å². The van der Waals surface area contributed by atoms with E-state index in [2.05, 4.69) is 82.7 Å². The average Bonchev–Trinajstić information content (AvgIpc) is 2.67. The van der Waals surface area contributed by atoms with Gasteiger partial charge >= 0.3 is 0 Å². The molecule has 2 aliphatic rings. The van der Waals surface area contributed by atoms with Crippen molar-refractivity contribution >= 4 is 0 Å². The highest BCUT2D eigenvalue weighted by molar-refractivity contribution is 5.54. The number of hydrogen-bond acceptors (Lipinski definition) is 2. The first-order chi connectivity index (χ1) is 9.29. The molecule has 112 valence electrons. The molecule has 0 spiro atoms. The predicted molar refractivity (Wildman–Crippen MR) is 87.6 cm³/mol. The van der Waals surface area contributed by atoms with Gasteiger partial charge in [0.05, 0.1) is 5.54 Å². The monoisotopic (exact) mass is 274 g/mol. The molecule has 1 aliphatic carbocycles. The van der Waals surface area contributed by atoms with Crippen molar-refractivity contribution in [3.63, 3.8) is 0 Å². The smallest absolute Gasteiger partial charge is 0.0715 e. The van der Waals surface area contributed by atoms with Crippen LogP contribution in [-0.4, -0.2) is 41.5 Å². The molecule has 2 heteroatoms. The molecule has 2 unspecified atom stereocenters. The molecule has 0 saturated heterocycles. The van der Waals surface area contributed by atoms with Crippen LogP contribution in [0, 0.1) is 5.41 Å². The summed E-state index contributed by atoms with van der Waals surface area (Å²) in [5.41, 5.74) is 3.04. The largest absolute Gasteiger partial charge is 0.368 e. The van der Waals surface area contributed by atoms with Crippen LogP contribution in [0.3, 0.4) is 0 Å². The van der Waals surface area contributed by atoms with Gasteiger partial charge in [-0.3, -0.25) is 4.90 Å². The van der Waals surface area contributed by atoms with Crippen molar-refractivity contribution in [2.45, 2.75) is 53.1 Å². The zero-order chi connectivity index (χ0) is 15.1. The van der Waals surface area contributed by atoms with Crippen molar-refractivity contribution in [3.05, 3.63) is 35.6 Å². The Kier molecular flexibility index (Phi) is 3.90. The first-order valence-electron chi connectivity index (χ1n) is 7.89. The van der Waals surface area contributed by atoms with Gasteiger partial charge in [-0.15, -0.1) is 0 Å². The van der Waals surface area contributed by atoms with E-state index in [0.29, 0.717) is 6.04 Å². The maximum absolute atomic E-state index is 2.61. The number of rotatable bonds is 3. The highest BCUT2D eigenvalue weighted by Gasteiger charge is 2.50. The molecule has 0 fully saturated rings. The predicted octanol–water partition coefficient (Wildman–Crippen LogP) is 3.83. The summed E-state index contributed by atoms with van der Waals surface area (Å²) in [6.45, 7) is 16.0. The summed E-state index contributed by atoms with van der Waals surface area (Å²) in [7, 11) is 2.20. The summed E-state index contributed by atoms with van der Waals surface area (Å²) < 4.78 is 0. The molecule has 20 heavy (non-hydrogen) atoms. The fourth-order valence-corrected chi connectivity index (χ4v) is 3.87. The molecule has 0 radical (unpaired) electrons. The lowest BCUT2D eigenvalue weighted by atomic mass is 9.65. The molecular weight excluding hydrogens is 244 g/mol. The highest BCUT2D eigenvalue weighted by Crippen LogP contribution is 2.49. The van der Waals surface area contributed by atoms with E-state index >= 15 is 0 Å². The van der Waals surface area contributed by atoms with E-state index in [1.807, 2.05) is 0 Å². The molecule has 0 aromatic rings. The summed E-state index contributed by atoms with van der Waals surface area (Å²) >= 11 is 0. The van der Waals surface area contributed by atoms with Gasteiger partial charge in [0.25, 0.3) is 0 Å². The van der Waals surface area contributed by atoms with Crippen LogP contribution in [0.4, 0.5) is 0 Å². The summed E-state index contributed by atoms with van der Waals surface area (Å²) in [6.07, 6.45) is 9.40. The molecule has 0 bridgehead atoms. The van der Waals surface area contributed by atoms with Crippen LogP contribution in [0.25, 0.3) is 0 Å². The fourth-order valence-electron chi connectivity index (χ4n) is 3.87. The Bertz CT molecular complexity index is 460. The molecule has 1 aliphatic heterocycles.